The molecule has 2 aliphatic rings. The van der Waals surface area contributed by atoms with Crippen molar-refractivity contribution in [2.24, 2.45) is 0 Å². The number of nitrogen functional groups attached to an aromatic ring is 2. The Bertz CT molecular complexity index is 1780. The Morgan fingerprint density at radius 3 is 2.26 bits per heavy atom. The average molecular weight is 618 g/mol. The second kappa shape index (κ2) is 11.7. The Labute approximate surface area is 255 Å². The molecular weight excluding hydrogens is 594 g/mol. The van der Waals surface area contributed by atoms with Gasteiger partial charge in [0.1, 0.15) is 18.4 Å². The van der Waals surface area contributed by atoms with Crippen LogP contribution in [0.15, 0.2) is 22.2 Å². The number of aromatic amines is 2. The van der Waals surface area contributed by atoms with Crippen molar-refractivity contribution in [1.29, 1.82) is 0 Å². The Morgan fingerprint density at radius 1 is 1.05 bits per heavy atom. The molecule has 7 atom stereocenters. The predicted octanol–water partition coefficient (Wildman–Crippen LogP) is -5.78. The number of aliphatic hydroxyl groups is 2. The molecule has 0 aliphatic carbocycles. The van der Waals surface area contributed by atoms with E-state index in [-0.39, 0.29) is 76.6 Å². The van der Waals surface area contributed by atoms with Crippen LogP contribution in [0.1, 0.15) is 25.3 Å². The van der Waals surface area contributed by atoms with Crippen LogP contribution in [-0.2, 0) is 23.1 Å². The number of nitrogens with two attached hydrogens (primary N) is 2. The van der Waals surface area contributed by atoms with Gasteiger partial charge in [0.15, 0.2) is 28.6 Å². The summed E-state index contributed by atoms with van der Waals surface area (Å²) in [6.45, 7) is -1.05. The molecule has 0 radical (unpaired) electrons. The number of H-pyrrole nitrogens is 2. The maximum Gasteiger partial charge on any atom is 1.00 e. The van der Waals surface area contributed by atoms with E-state index in [1.807, 2.05) is 0 Å². The van der Waals surface area contributed by atoms with E-state index in [9.17, 15) is 29.3 Å². The van der Waals surface area contributed by atoms with Crippen LogP contribution < -0.4 is 57.0 Å². The third-order valence-electron chi connectivity index (χ3n) is 6.70. The van der Waals surface area contributed by atoms with Crippen molar-refractivity contribution in [3.8, 4) is 0 Å². The van der Waals surface area contributed by atoms with E-state index >= 15 is 0 Å². The molecule has 2 fully saturated rings. The third-order valence-corrected chi connectivity index (χ3v) is 7.69. The number of anilines is 2. The first-order valence-corrected chi connectivity index (χ1v) is 13.7. The molecule has 0 bridgehead atoms. The molecular formula is C20H24N10NaO10P. The van der Waals surface area contributed by atoms with Crippen molar-refractivity contribution in [3.63, 3.8) is 0 Å². The zero-order valence-corrected chi connectivity index (χ0v) is 24.8. The van der Waals surface area contributed by atoms with Gasteiger partial charge in [-0.25, -0.2) is 9.97 Å². The summed E-state index contributed by atoms with van der Waals surface area (Å²) in [6, 6.07) is 0. The summed E-state index contributed by atoms with van der Waals surface area (Å²) < 4.78 is 37.3. The molecule has 6 rings (SSSR count). The van der Waals surface area contributed by atoms with Crippen LogP contribution >= 0.6 is 7.82 Å². The van der Waals surface area contributed by atoms with Crippen molar-refractivity contribution in [3.05, 3.63) is 33.4 Å². The first-order valence-electron chi connectivity index (χ1n) is 12.2. The molecule has 4 aromatic heterocycles. The molecule has 20 nitrogen and oxygen atoms in total. The molecule has 1 unspecified atom stereocenters. The van der Waals surface area contributed by atoms with E-state index in [2.05, 4.69) is 29.9 Å². The van der Waals surface area contributed by atoms with E-state index in [1.54, 1.807) is 0 Å². The summed E-state index contributed by atoms with van der Waals surface area (Å²) in [7, 11) is -5.05. The number of nitrogens with zero attached hydrogens (tertiary/aromatic N) is 6. The molecule has 8 N–H and O–H groups in total. The minimum atomic E-state index is -5.05. The molecule has 0 saturated carbocycles. The van der Waals surface area contributed by atoms with Gasteiger partial charge in [-0.3, -0.25) is 33.3 Å². The fraction of sp³-hybridized carbons (Fsp3) is 0.500. The first kappa shape index (κ1) is 30.7. The van der Waals surface area contributed by atoms with Crippen molar-refractivity contribution >= 4 is 42.0 Å². The molecule has 4 aromatic rings. The van der Waals surface area contributed by atoms with Gasteiger partial charge in [0.2, 0.25) is 11.9 Å². The number of imidazole rings is 2. The Morgan fingerprint density at radius 2 is 1.64 bits per heavy atom. The number of phosphoric ester groups is 1. The second-order valence-corrected chi connectivity index (χ2v) is 10.8. The number of ether oxygens (including phenoxy) is 2. The van der Waals surface area contributed by atoms with Gasteiger partial charge in [-0.15, -0.1) is 0 Å². The van der Waals surface area contributed by atoms with E-state index < -0.39 is 69.0 Å². The minimum absolute atomic E-state index is 0. The summed E-state index contributed by atoms with van der Waals surface area (Å²) >= 11 is 0. The van der Waals surface area contributed by atoms with Gasteiger partial charge in [0.05, 0.1) is 38.1 Å². The number of hydrogen-bond donors (Lipinski definition) is 6. The molecule has 2 aliphatic heterocycles. The van der Waals surface area contributed by atoms with E-state index in [0.717, 1.165) is 0 Å². The van der Waals surface area contributed by atoms with E-state index in [4.69, 9.17) is 30.0 Å². The molecule has 0 amide bonds. The van der Waals surface area contributed by atoms with E-state index in [0.29, 0.717) is 0 Å². The summed E-state index contributed by atoms with van der Waals surface area (Å²) in [6.07, 6.45) is -3.80. The zero-order valence-electron chi connectivity index (χ0n) is 21.9. The molecule has 2 saturated heterocycles. The number of fused-ring (bicyclic) bond motifs is 2. The Kier molecular flexibility index (Phi) is 8.58. The normalized spacial score (nSPS) is 27.4. The van der Waals surface area contributed by atoms with Gasteiger partial charge < -0.3 is 45.1 Å². The van der Waals surface area contributed by atoms with Crippen LogP contribution in [0.5, 0.6) is 0 Å². The summed E-state index contributed by atoms with van der Waals surface area (Å²) in [5, 5.41) is 20.1. The van der Waals surface area contributed by atoms with Gasteiger partial charge in [-0.05, 0) is 0 Å². The van der Waals surface area contributed by atoms with Crippen LogP contribution in [0.25, 0.3) is 22.3 Å². The first-order chi connectivity index (χ1) is 19.5. The van der Waals surface area contributed by atoms with Crippen LogP contribution in [0.4, 0.5) is 11.9 Å². The average Bonchev–Trinajstić information content (AvgIpc) is 3.67. The van der Waals surface area contributed by atoms with E-state index in [1.165, 1.54) is 21.8 Å². The molecule has 6 heterocycles. The largest absolute Gasteiger partial charge is 1.00 e. The van der Waals surface area contributed by atoms with Crippen molar-refractivity contribution in [1.82, 2.24) is 39.0 Å². The van der Waals surface area contributed by atoms with Crippen molar-refractivity contribution in [2.75, 3.05) is 24.7 Å². The number of hydrogen-bond acceptors (Lipinski definition) is 16. The summed E-state index contributed by atoms with van der Waals surface area (Å²) in [5.41, 5.74) is 10.2. The molecule has 220 valence electrons. The van der Waals surface area contributed by atoms with Crippen LogP contribution in [0.2, 0.25) is 0 Å². The van der Waals surface area contributed by atoms with Crippen molar-refractivity contribution < 1.29 is 67.8 Å². The minimum Gasteiger partial charge on any atom is -0.756 e. The number of nitrogens with one attached hydrogen (secondary N) is 2. The Balaban J connectivity index is 0.00000353. The smallest absolute Gasteiger partial charge is 0.756 e. The monoisotopic (exact) mass is 618 g/mol. The third kappa shape index (κ3) is 5.75. The molecule has 0 spiro atoms. The predicted molar refractivity (Wildman–Crippen MR) is 134 cm³/mol. The summed E-state index contributed by atoms with van der Waals surface area (Å²) in [5.74, 6) is -0.334. The number of phosphoric acid groups is 1. The summed E-state index contributed by atoms with van der Waals surface area (Å²) in [4.78, 5) is 57.7. The second-order valence-electron chi connectivity index (χ2n) is 9.44. The van der Waals surface area contributed by atoms with Crippen LogP contribution in [-0.4, -0.2) is 86.9 Å². The number of aromatic nitrogens is 8. The SMILES string of the molecule is Nc1nc2c(ncn2[C@@H]2O[C@H](CO)C[C@H]2OP(=O)([O-])OC[C@H]2O[C@@H](n3cnc4c(=O)[nH]c(N)nc43)C[C@@H]2O)c(=O)[nH]1.[Na+]. The van der Waals surface area contributed by atoms with Crippen molar-refractivity contribution in [2.45, 2.75) is 49.7 Å². The number of rotatable bonds is 8. The quantitative estimate of drug-likeness (QED) is 0.0791. The van der Waals surface area contributed by atoms with Gasteiger partial charge in [-0.1, -0.05) is 0 Å². The maximum absolute atomic E-state index is 12.8. The Hall–Kier alpha value is -2.75. The molecule has 0 aromatic carbocycles. The topological polar surface area (TPSA) is 297 Å². The van der Waals surface area contributed by atoms with Crippen LogP contribution in [0.3, 0.4) is 0 Å². The molecule has 22 heteroatoms. The number of aliphatic hydroxyl groups excluding tert-OH is 2. The zero-order chi connectivity index (χ0) is 29.1. The standard InChI is InChI=1S/C20H25N10O10P.Na/c21-19-25-14-12(16(33)27-19)23-5-29(14)11-2-8(32)10(39-11)4-37-41(35,36)40-9-1-7(3-31)38-18(9)30-6-24-13-15(30)26-20(22)28-17(13)34;/h5-11,18,31-32H,1-4H2,(H,35,36)(H3,21,25,27,33)(H3,22,26,28,34);/q;+1/p-1/t7-,8-,9+,10+,11+,18+;/m0./s1. The van der Waals surface area contributed by atoms with Gasteiger partial charge in [-0.2, -0.15) is 9.97 Å². The fourth-order valence-electron chi connectivity index (χ4n) is 4.85. The van der Waals surface area contributed by atoms with Gasteiger partial charge in [0.25, 0.3) is 18.9 Å². The van der Waals surface area contributed by atoms with Crippen LogP contribution in [0, 0.1) is 0 Å². The maximum atomic E-state index is 12.8. The fourth-order valence-corrected chi connectivity index (χ4v) is 5.77. The molecule has 42 heavy (non-hydrogen) atoms. The van der Waals surface area contributed by atoms with Gasteiger partial charge >= 0.3 is 29.6 Å². The van der Waals surface area contributed by atoms with Gasteiger partial charge in [0, 0.05) is 12.8 Å².